The van der Waals surface area contributed by atoms with Crippen LogP contribution in [0.1, 0.15) is 45.7 Å². The average Bonchev–Trinajstić information content (AvgIpc) is 3.08. The largest absolute Gasteiger partial charge is 0.483 e. The molecule has 0 aliphatic carbocycles. The fraction of sp³-hybridized carbons (Fsp3) is 0.481. The lowest BCUT2D eigenvalue weighted by molar-refractivity contribution is -0.139. The van der Waals surface area contributed by atoms with Crippen molar-refractivity contribution < 1.29 is 33.6 Å². The van der Waals surface area contributed by atoms with E-state index < -0.39 is 31.3 Å². The topological polar surface area (TPSA) is 96.2 Å². The molecule has 0 atom stereocenters. The van der Waals surface area contributed by atoms with Gasteiger partial charge in [0.15, 0.2) is 6.79 Å². The van der Waals surface area contributed by atoms with E-state index in [2.05, 4.69) is 19.6 Å². The molecule has 1 aromatic carbocycles. The summed E-state index contributed by atoms with van der Waals surface area (Å²) in [5.74, 6) is -0.888. The van der Waals surface area contributed by atoms with Crippen molar-refractivity contribution in [3.05, 3.63) is 41.3 Å². The summed E-state index contributed by atoms with van der Waals surface area (Å²) < 4.78 is 24.1. The van der Waals surface area contributed by atoms with E-state index in [1.165, 1.54) is 10.6 Å². The van der Waals surface area contributed by atoms with Gasteiger partial charge in [0, 0.05) is 37.4 Å². The van der Waals surface area contributed by atoms with Gasteiger partial charge < -0.3 is 24.1 Å². The number of hydrogen-bond acceptors (Lipinski definition) is 6. The van der Waals surface area contributed by atoms with Crippen molar-refractivity contribution in [2.75, 3.05) is 13.4 Å². The lowest BCUT2D eigenvalue weighted by Crippen LogP contribution is -2.28. The predicted molar refractivity (Wildman–Crippen MR) is 143 cm³/mol. The molecule has 2 aromatic rings. The van der Waals surface area contributed by atoms with Crippen LogP contribution in [0.3, 0.4) is 0 Å². The summed E-state index contributed by atoms with van der Waals surface area (Å²) >= 11 is 0. The lowest BCUT2D eigenvalue weighted by atomic mass is 10.00. The van der Waals surface area contributed by atoms with Crippen molar-refractivity contribution in [3.8, 4) is 5.75 Å². The summed E-state index contributed by atoms with van der Waals surface area (Å²) in [6, 6.07) is 4.57. The lowest BCUT2D eigenvalue weighted by Gasteiger charge is -2.28. The molecule has 2 heterocycles. The number of carboxylic acids is 1. The molecule has 0 spiro atoms. The zero-order valence-electron chi connectivity index (χ0n) is 22.4. The van der Waals surface area contributed by atoms with E-state index in [9.17, 15) is 14.7 Å². The van der Waals surface area contributed by atoms with Gasteiger partial charge in [-0.05, 0) is 71.0 Å². The van der Waals surface area contributed by atoms with E-state index in [4.69, 9.17) is 18.9 Å². The van der Waals surface area contributed by atoms with Crippen molar-refractivity contribution in [2.45, 2.75) is 71.5 Å². The number of hydrogen-bond donors (Lipinski definition) is 1. The molecule has 0 radical (unpaired) electrons. The first-order valence-electron chi connectivity index (χ1n) is 12.0. The SMILES string of the molecule is CC(C)(C)OC(=O)n1cc(/C=C(\OCOCC[Si](C)(C)C)C(=O)O)c2ccc3c(c21)C=CC(C)(C)O3. The minimum Gasteiger partial charge on any atom is -0.483 e. The quantitative estimate of drug-likeness (QED) is 0.144. The van der Waals surface area contributed by atoms with Crippen LogP contribution in [0.15, 0.2) is 30.2 Å². The Morgan fingerprint density at radius 2 is 1.89 bits per heavy atom. The van der Waals surface area contributed by atoms with Crippen LogP contribution in [0.2, 0.25) is 25.7 Å². The zero-order valence-corrected chi connectivity index (χ0v) is 23.4. The maximum absolute atomic E-state index is 13.1. The van der Waals surface area contributed by atoms with Crippen LogP contribution in [0.5, 0.6) is 5.75 Å². The number of carbonyl (C=O) groups excluding carboxylic acids is 1. The summed E-state index contributed by atoms with van der Waals surface area (Å²) in [5, 5.41) is 10.4. The van der Waals surface area contributed by atoms with E-state index >= 15 is 0 Å². The first-order valence-corrected chi connectivity index (χ1v) is 15.7. The summed E-state index contributed by atoms with van der Waals surface area (Å²) in [6.45, 7) is 16.3. The molecule has 0 saturated carbocycles. The second kappa shape index (κ2) is 10.1. The van der Waals surface area contributed by atoms with E-state index in [0.29, 0.717) is 34.4 Å². The molecule has 0 unspecified atom stereocenters. The minimum absolute atomic E-state index is 0.172. The normalized spacial score (nSPS) is 15.4. The van der Waals surface area contributed by atoms with Gasteiger partial charge in [-0.15, -0.1) is 0 Å². The molecule has 196 valence electrons. The van der Waals surface area contributed by atoms with Gasteiger partial charge in [0.25, 0.3) is 0 Å². The zero-order chi connectivity index (χ0) is 26.9. The Morgan fingerprint density at radius 3 is 2.50 bits per heavy atom. The average molecular weight is 516 g/mol. The Balaban J connectivity index is 2.02. The maximum Gasteiger partial charge on any atom is 0.419 e. The molecule has 3 rings (SSSR count). The van der Waals surface area contributed by atoms with Gasteiger partial charge in [0.05, 0.1) is 5.52 Å². The summed E-state index contributed by atoms with van der Waals surface area (Å²) in [5.41, 5.74) is 0.569. The first kappa shape index (κ1) is 27.5. The van der Waals surface area contributed by atoms with E-state index in [0.717, 1.165) is 6.04 Å². The van der Waals surface area contributed by atoms with Gasteiger partial charge in [0.1, 0.15) is 17.0 Å². The maximum atomic E-state index is 13.1. The van der Waals surface area contributed by atoms with Crippen molar-refractivity contribution in [3.63, 3.8) is 0 Å². The van der Waals surface area contributed by atoms with Crippen molar-refractivity contribution in [2.24, 2.45) is 0 Å². The van der Waals surface area contributed by atoms with Gasteiger partial charge in [-0.3, -0.25) is 4.57 Å². The minimum atomic E-state index is -1.27. The third kappa shape index (κ3) is 7.01. The predicted octanol–water partition coefficient (Wildman–Crippen LogP) is 6.36. The van der Waals surface area contributed by atoms with Crippen LogP contribution in [-0.2, 0) is 19.0 Å². The highest BCUT2D eigenvalue weighted by Crippen LogP contribution is 2.38. The van der Waals surface area contributed by atoms with Crippen LogP contribution >= 0.6 is 0 Å². The fourth-order valence-corrected chi connectivity index (χ4v) is 4.38. The highest BCUT2D eigenvalue weighted by atomic mass is 28.3. The number of ether oxygens (including phenoxy) is 4. The molecule has 1 N–H and O–H groups in total. The molecule has 0 fully saturated rings. The number of aromatic nitrogens is 1. The molecular weight excluding hydrogens is 478 g/mol. The van der Waals surface area contributed by atoms with Gasteiger partial charge in [-0.25, -0.2) is 9.59 Å². The monoisotopic (exact) mass is 515 g/mol. The smallest absolute Gasteiger partial charge is 0.419 e. The van der Waals surface area contributed by atoms with Crippen molar-refractivity contribution >= 4 is 43.2 Å². The molecule has 0 bridgehead atoms. The van der Waals surface area contributed by atoms with Crippen LogP contribution < -0.4 is 4.74 Å². The van der Waals surface area contributed by atoms with Gasteiger partial charge in [-0.1, -0.05) is 19.6 Å². The number of carbonyl (C=O) groups is 2. The summed E-state index contributed by atoms with van der Waals surface area (Å²) in [4.78, 5) is 25.1. The van der Waals surface area contributed by atoms with Crippen LogP contribution in [-0.4, -0.2) is 54.4 Å². The molecule has 36 heavy (non-hydrogen) atoms. The molecule has 8 nitrogen and oxygen atoms in total. The molecule has 9 heteroatoms. The second-order valence-corrected chi connectivity index (χ2v) is 17.3. The molecule has 1 aliphatic rings. The van der Waals surface area contributed by atoms with Gasteiger partial charge >= 0.3 is 12.1 Å². The Hall–Kier alpha value is -3.04. The summed E-state index contributed by atoms with van der Waals surface area (Å²) in [7, 11) is -1.27. The first-order chi connectivity index (χ1) is 16.6. The molecule has 0 amide bonds. The number of nitrogens with zero attached hydrogens (tertiary/aromatic N) is 1. The van der Waals surface area contributed by atoms with E-state index in [1.807, 2.05) is 32.1 Å². The number of aliphatic carboxylic acids is 1. The summed E-state index contributed by atoms with van der Waals surface area (Å²) in [6.07, 6.45) is 6.21. The van der Waals surface area contributed by atoms with E-state index in [-0.39, 0.29) is 12.6 Å². The second-order valence-electron chi connectivity index (χ2n) is 11.6. The van der Waals surface area contributed by atoms with Gasteiger partial charge in [-0.2, -0.15) is 0 Å². The van der Waals surface area contributed by atoms with Crippen molar-refractivity contribution in [1.29, 1.82) is 0 Å². The number of carboxylic acid groups (broad SMARTS) is 1. The Kier molecular flexibility index (Phi) is 7.76. The number of rotatable bonds is 8. The van der Waals surface area contributed by atoms with Gasteiger partial charge in [0.2, 0.25) is 5.76 Å². The Morgan fingerprint density at radius 1 is 1.19 bits per heavy atom. The molecule has 1 aliphatic heterocycles. The van der Waals surface area contributed by atoms with E-state index in [1.54, 1.807) is 33.0 Å². The fourth-order valence-electron chi connectivity index (χ4n) is 3.63. The highest BCUT2D eigenvalue weighted by Gasteiger charge is 2.28. The van der Waals surface area contributed by atoms with Crippen LogP contribution in [0, 0.1) is 0 Å². The Bertz CT molecular complexity index is 1210. The molecular formula is C27H37NO7Si. The number of benzene rings is 1. The van der Waals surface area contributed by atoms with Crippen LogP contribution in [0.4, 0.5) is 4.79 Å². The number of fused-ring (bicyclic) bond motifs is 3. The highest BCUT2D eigenvalue weighted by molar-refractivity contribution is 6.76. The van der Waals surface area contributed by atoms with Crippen molar-refractivity contribution in [1.82, 2.24) is 4.57 Å². The molecule has 1 aromatic heterocycles. The third-order valence-electron chi connectivity index (χ3n) is 5.40. The van der Waals surface area contributed by atoms with Crippen LogP contribution in [0.25, 0.3) is 23.1 Å². The standard InChI is InChI=1S/C27H37NO7Si/c1-26(2,3)35-25(31)28-16-18(15-22(24(29)30)33-17-32-13-14-36(6,7)8)19-9-10-21-20(23(19)28)11-12-27(4,5)34-21/h9-12,15-16H,13-14,17H2,1-8H3,(H,29,30)/b22-15-. The molecule has 0 saturated heterocycles. The third-order valence-corrected chi connectivity index (χ3v) is 7.11. The Labute approximate surface area is 213 Å².